The van der Waals surface area contributed by atoms with Crippen molar-refractivity contribution in [2.75, 3.05) is 0 Å². The number of aromatic hydroxyl groups is 1. The van der Waals surface area contributed by atoms with E-state index in [4.69, 9.17) is 9.66 Å². The number of benzene rings is 2. The minimum absolute atomic E-state index is 0.0679. The van der Waals surface area contributed by atoms with Crippen molar-refractivity contribution in [1.29, 1.82) is 0 Å². The molecule has 0 aliphatic rings. The van der Waals surface area contributed by atoms with Crippen molar-refractivity contribution in [3.8, 4) is 5.75 Å². The maximum atomic E-state index is 13.3. The van der Waals surface area contributed by atoms with Crippen LogP contribution in [0.5, 0.6) is 5.75 Å². The fraction of sp³-hybridized carbons (Fsp3) is 0. The first-order valence-corrected chi connectivity index (χ1v) is 6.78. The summed E-state index contributed by atoms with van der Waals surface area (Å²) < 4.78 is 43.8. The molecule has 2 aromatic carbocycles. The molecule has 20 heavy (non-hydrogen) atoms. The van der Waals surface area contributed by atoms with Gasteiger partial charge in [-0.2, -0.15) is 13.5 Å². The average Bonchev–Trinajstić information content (AvgIpc) is 2.37. The molecule has 2 aromatic rings. The van der Waals surface area contributed by atoms with E-state index in [9.17, 15) is 12.8 Å². The molecule has 0 amide bonds. The first kappa shape index (κ1) is 14.1. The minimum Gasteiger partial charge on any atom is -0.508 e. The molecule has 0 heterocycles. The van der Waals surface area contributed by atoms with E-state index in [1.54, 1.807) is 0 Å². The van der Waals surface area contributed by atoms with Crippen LogP contribution in [0.25, 0.3) is 0 Å². The van der Waals surface area contributed by atoms with Gasteiger partial charge in [-0.3, -0.25) is 4.55 Å². The van der Waals surface area contributed by atoms with E-state index in [0.717, 1.165) is 18.2 Å². The summed E-state index contributed by atoms with van der Waals surface area (Å²) in [7, 11) is -4.26. The zero-order valence-electron chi connectivity index (χ0n) is 9.93. The summed E-state index contributed by atoms with van der Waals surface area (Å²) in [5.74, 6) is -0.956. The van der Waals surface area contributed by atoms with E-state index < -0.39 is 15.9 Å². The average molecular weight is 296 g/mol. The van der Waals surface area contributed by atoms with Crippen molar-refractivity contribution in [1.82, 2.24) is 0 Å². The second-order valence-corrected chi connectivity index (χ2v) is 5.23. The highest BCUT2D eigenvalue weighted by Gasteiger charge is 2.08. The van der Waals surface area contributed by atoms with E-state index in [2.05, 4.69) is 10.2 Å². The number of azo groups is 1. The predicted molar refractivity (Wildman–Crippen MR) is 68.5 cm³/mol. The fourth-order valence-electron chi connectivity index (χ4n) is 1.37. The Labute approximate surface area is 114 Å². The van der Waals surface area contributed by atoms with E-state index in [-0.39, 0.29) is 22.0 Å². The third kappa shape index (κ3) is 3.37. The van der Waals surface area contributed by atoms with Crippen molar-refractivity contribution in [3.63, 3.8) is 0 Å². The summed E-state index contributed by atoms with van der Waals surface area (Å²) in [5.41, 5.74) is 0.214. The summed E-state index contributed by atoms with van der Waals surface area (Å²) >= 11 is 0. The van der Waals surface area contributed by atoms with Crippen LogP contribution in [0.4, 0.5) is 15.8 Å². The minimum atomic E-state index is -4.26. The van der Waals surface area contributed by atoms with Gasteiger partial charge < -0.3 is 5.11 Å². The molecule has 2 rings (SSSR count). The maximum absolute atomic E-state index is 13.3. The van der Waals surface area contributed by atoms with Crippen LogP contribution in [-0.2, 0) is 10.1 Å². The first-order chi connectivity index (χ1) is 9.36. The maximum Gasteiger partial charge on any atom is 0.294 e. The summed E-state index contributed by atoms with van der Waals surface area (Å²) in [4.78, 5) is -0.271. The molecular formula is C12H9FN2O4S. The van der Waals surface area contributed by atoms with Crippen LogP contribution in [0.1, 0.15) is 0 Å². The lowest BCUT2D eigenvalue weighted by Crippen LogP contribution is -1.96. The number of phenols is 1. The largest absolute Gasteiger partial charge is 0.508 e. The number of phenolic OH excluding ortho intramolecular Hbond substituents is 1. The fourth-order valence-corrected chi connectivity index (χ4v) is 1.85. The van der Waals surface area contributed by atoms with Crippen molar-refractivity contribution in [2.45, 2.75) is 4.90 Å². The van der Waals surface area contributed by atoms with E-state index in [1.807, 2.05) is 0 Å². The van der Waals surface area contributed by atoms with Gasteiger partial charge in [0.2, 0.25) is 0 Å². The quantitative estimate of drug-likeness (QED) is 0.671. The van der Waals surface area contributed by atoms with Crippen LogP contribution in [0, 0.1) is 5.82 Å². The lowest BCUT2D eigenvalue weighted by atomic mass is 10.3. The third-order valence-corrected chi connectivity index (χ3v) is 3.21. The molecule has 0 atom stereocenters. The summed E-state index contributed by atoms with van der Waals surface area (Å²) in [6.45, 7) is 0. The van der Waals surface area contributed by atoms with Gasteiger partial charge >= 0.3 is 0 Å². The van der Waals surface area contributed by atoms with Crippen LogP contribution in [0.3, 0.4) is 0 Å². The molecule has 0 saturated heterocycles. The molecule has 0 aromatic heterocycles. The topological polar surface area (TPSA) is 99.3 Å². The summed E-state index contributed by atoms with van der Waals surface area (Å²) in [6, 6.07) is 8.33. The Balaban J connectivity index is 2.24. The Morgan fingerprint density at radius 3 is 2.20 bits per heavy atom. The first-order valence-electron chi connectivity index (χ1n) is 5.34. The molecule has 0 spiro atoms. The van der Waals surface area contributed by atoms with Crippen LogP contribution in [-0.4, -0.2) is 18.1 Å². The van der Waals surface area contributed by atoms with Crippen molar-refractivity contribution in [2.24, 2.45) is 10.2 Å². The molecule has 0 aliphatic heterocycles. The van der Waals surface area contributed by atoms with Gasteiger partial charge in [-0.15, -0.1) is 5.11 Å². The summed E-state index contributed by atoms with van der Waals surface area (Å²) in [5, 5.41) is 16.4. The Kier molecular flexibility index (Phi) is 3.77. The van der Waals surface area contributed by atoms with Crippen LogP contribution >= 0.6 is 0 Å². The second-order valence-electron chi connectivity index (χ2n) is 3.80. The van der Waals surface area contributed by atoms with E-state index >= 15 is 0 Å². The van der Waals surface area contributed by atoms with Crippen LogP contribution in [0.2, 0.25) is 0 Å². The lowest BCUT2D eigenvalue weighted by Gasteiger charge is -1.98. The van der Waals surface area contributed by atoms with Gasteiger partial charge in [0.15, 0.2) is 5.82 Å². The normalized spacial score (nSPS) is 11.9. The molecule has 8 heteroatoms. The van der Waals surface area contributed by atoms with Gasteiger partial charge in [0, 0.05) is 6.07 Å². The number of halogens is 1. The lowest BCUT2D eigenvalue weighted by molar-refractivity contribution is 0.469. The molecule has 0 saturated carbocycles. The standard InChI is InChI=1S/C12H9FN2O4S/c13-11-7-9(16)3-6-12(11)15-14-8-1-4-10(5-2-8)20(17,18)19/h1-7,16H,(H,17,18,19)/b15-14+. The highest BCUT2D eigenvalue weighted by molar-refractivity contribution is 7.85. The highest BCUT2D eigenvalue weighted by atomic mass is 32.2. The number of hydrogen-bond acceptors (Lipinski definition) is 5. The third-order valence-electron chi connectivity index (χ3n) is 2.34. The Hall–Kier alpha value is -2.32. The number of nitrogens with zero attached hydrogens (tertiary/aromatic N) is 2. The molecule has 6 nitrogen and oxygen atoms in total. The Morgan fingerprint density at radius 1 is 1.00 bits per heavy atom. The molecule has 0 fully saturated rings. The van der Waals surface area contributed by atoms with Gasteiger partial charge in [0.05, 0.1) is 10.6 Å². The van der Waals surface area contributed by atoms with Gasteiger partial charge in [0.25, 0.3) is 10.1 Å². The molecule has 0 unspecified atom stereocenters. The molecule has 104 valence electrons. The predicted octanol–water partition coefficient (Wildman–Crippen LogP) is 3.19. The molecular weight excluding hydrogens is 287 g/mol. The molecule has 0 aliphatic carbocycles. The number of rotatable bonds is 3. The van der Waals surface area contributed by atoms with E-state index in [0.29, 0.717) is 0 Å². The van der Waals surface area contributed by atoms with Gasteiger partial charge in [0.1, 0.15) is 11.4 Å². The molecule has 0 bridgehead atoms. The smallest absolute Gasteiger partial charge is 0.294 e. The Bertz CT molecular complexity index is 758. The monoisotopic (exact) mass is 296 g/mol. The Morgan fingerprint density at radius 2 is 1.65 bits per heavy atom. The summed E-state index contributed by atoms with van der Waals surface area (Å²) in [6.07, 6.45) is 0. The van der Waals surface area contributed by atoms with Gasteiger partial charge in [-0.1, -0.05) is 0 Å². The van der Waals surface area contributed by atoms with Crippen molar-refractivity contribution >= 4 is 21.5 Å². The van der Waals surface area contributed by atoms with Gasteiger partial charge in [-0.05, 0) is 36.4 Å². The van der Waals surface area contributed by atoms with Crippen molar-refractivity contribution < 1.29 is 22.5 Å². The SMILES string of the molecule is O=S(=O)(O)c1ccc(/N=N/c2ccc(O)cc2F)cc1. The van der Waals surface area contributed by atoms with Crippen molar-refractivity contribution in [3.05, 3.63) is 48.3 Å². The zero-order valence-corrected chi connectivity index (χ0v) is 10.7. The van der Waals surface area contributed by atoms with Crippen LogP contribution < -0.4 is 0 Å². The second kappa shape index (κ2) is 5.35. The molecule has 2 N–H and O–H groups in total. The highest BCUT2D eigenvalue weighted by Crippen LogP contribution is 2.25. The van der Waals surface area contributed by atoms with Crippen LogP contribution in [0.15, 0.2) is 57.6 Å². The van der Waals surface area contributed by atoms with E-state index in [1.165, 1.54) is 24.3 Å². The molecule has 0 radical (unpaired) electrons. The number of hydrogen-bond donors (Lipinski definition) is 2. The zero-order chi connectivity index (χ0) is 14.8. The van der Waals surface area contributed by atoms with Gasteiger partial charge in [-0.25, -0.2) is 4.39 Å².